The van der Waals surface area contributed by atoms with Gasteiger partial charge in [-0.3, -0.25) is 4.79 Å². The van der Waals surface area contributed by atoms with Gasteiger partial charge in [0.1, 0.15) is 12.7 Å². The molecule has 1 aromatic rings. The molecule has 80 valence electrons. The molecule has 0 aromatic heterocycles. The molecule has 1 unspecified atom stereocenters. The maximum Gasteiger partial charge on any atom is 0.298 e. The van der Waals surface area contributed by atoms with E-state index in [0.29, 0.717) is 24.6 Å². The quantitative estimate of drug-likeness (QED) is 0.540. The van der Waals surface area contributed by atoms with Crippen LogP contribution in [0.25, 0.3) is 0 Å². The molecule has 0 spiro atoms. The highest BCUT2D eigenvalue weighted by Gasteiger charge is 2.23. The number of ether oxygens (including phenoxy) is 3. The minimum absolute atomic E-state index is 0.190. The van der Waals surface area contributed by atoms with Crippen molar-refractivity contribution >= 4 is 6.47 Å². The zero-order valence-electron chi connectivity index (χ0n) is 8.43. The third kappa shape index (κ3) is 2.70. The van der Waals surface area contributed by atoms with Crippen LogP contribution in [0.4, 0.5) is 0 Å². The third-order valence-electron chi connectivity index (χ3n) is 2.10. The minimum Gasteiger partial charge on any atom is -0.487 e. The topological polar surface area (TPSA) is 48.1 Å². The predicted octanol–water partition coefficient (Wildman–Crippen LogP) is 1.31. The number of hydrogen-bond donors (Lipinski definition) is 0. The predicted molar refractivity (Wildman–Crippen MR) is 53.1 cm³/mol. The molecule has 1 atom stereocenters. The molecule has 1 aliphatic heterocycles. The van der Waals surface area contributed by atoms with E-state index in [2.05, 4.69) is 0 Å². The summed E-state index contributed by atoms with van der Waals surface area (Å²) in [5.41, 5.74) is 1.02. The first kappa shape index (κ1) is 9.98. The molecule has 0 amide bonds. The summed E-state index contributed by atoms with van der Waals surface area (Å²) in [6, 6.07) is 5.45. The molecule has 4 nitrogen and oxygen atoms in total. The highest BCUT2D eigenvalue weighted by atomic mass is 16.6. The summed E-state index contributed by atoms with van der Waals surface area (Å²) in [7, 11) is 0. The molecule has 0 aliphatic carbocycles. The van der Waals surface area contributed by atoms with Crippen LogP contribution in [0.1, 0.15) is 5.56 Å². The first-order valence-electron chi connectivity index (χ1n) is 4.75. The maximum atomic E-state index is 10.3. The molecular weight excluding hydrogens is 196 g/mol. The summed E-state index contributed by atoms with van der Waals surface area (Å²) < 4.78 is 15.3. The maximum absolute atomic E-state index is 10.3. The van der Waals surface area contributed by atoms with E-state index in [1.165, 1.54) is 0 Å². The lowest BCUT2D eigenvalue weighted by molar-refractivity contribution is -0.120. The van der Waals surface area contributed by atoms with E-state index in [-0.39, 0.29) is 6.10 Å². The Labute approximate surface area is 87.8 Å². The van der Waals surface area contributed by atoms with Crippen molar-refractivity contribution in [2.75, 3.05) is 13.2 Å². The third-order valence-corrected chi connectivity index (χ3v) is 2.10. The molecular formula is C11H12O4. The Hall–Kier alpha value is -1.55. The number of benzene rings is 1. The average Bonchev–Trinajstić information content (AvgIpc) is 3.01. The Kier molecular flexibility index (Phi) is 2.87. The van der Waals surface area contributed by atoms with E-state index >= 15 is 0 Å². The highest BCUT2D eigenvalue weighted by Crippen LogP contribution is 2.28. The van der Waals surface area contributed by atoms with Crippen LogP contribution < -0.4 is 9.47 Å². The summed E-state index contributed by atoms with van der Waals surface area (Å²) in [6.07, 6.45) is 0.190. The van der Waals surface area contributed by atoms with E-state index in [0.717, 1.165) is 12.2 Å². The van der Waals surface area contributed by atoms with Crippen LogP contribution in [-0.2, 0) is 9.53 Å². The van der Waals surface area contributed by atoms with Crippen molar-refractivity contribution in [3.05, 3.63) is 23.8 Å². The SMILES string of the molecule is Cc1ccc(OCC2CO2)c(OC=O)c1. The second-order valence-electron chi connectivity index (χ2n) is 3.43. The van der Waals surface area contributed by atoms with Crippen LogP contribution in [0.5, 0.6) is 11.5 Å². The lowest BCUT2D eigenvalue weighted by Gasteiger charge is -2.09. The monoisotopic (exact) mass is 208 g/mol. The minimum atomic E-state index is 0.190. The smallest absolute Gasteiger partial charge is 0.298 e. The number of carbonyl (C=O) groups excluding carboxylic acids is 1. The van der Waals surface area contributed by atoms with Crippen LogP contribution >= 0.6 is 0 Å². The lowest BCUT2D eigenvalue weighted by atomic mass is 10.2. The largest absolute Gasteiger partial charge is 0.487 e. The van der Waals surface area contributed by atoms with Crippen LogP contribution in [-0.4, -0.2) is 25.8 Å². The molecule has 1 fully saturated rings. The van der Waals surface area contributed by atoms with Crippen LogP contribution in [0.3, 0.4) is 0 Å². The number of epoxide rings is 1. The van der Waals surface area contributed by atoms with Gasteiger partial charge < -0.3 is 14.2 Å². The number of rotatable bonds is 5. The fourth-order valence-electron chi connectivity index (χ4n) is 1.23. The zero-order chi connectivity index (χ0) is 10.7. The summed E-state index contributed by atoms with van der Waals surface area (Å²) in [5, 5.41) is 0. The van der Waals surface area contributed by atoms with Gasteiger partial charge in [0.25, 0.3) is 6.47 Å². The molecule has 0 radical (unpaired) electrons. The van der Waals surface area contributed by atoms with Crippen molar-refractivity contribution in [3.63, 3.8) is 0 Å². The van der Waals surface area contributed by atoms with Crippen molar-refractivity contribution in [3.8, 4) is 11.5 Å². The molecule has 0 N–H and O–H groups in total. The van der Waals surface area contributed by atoms with Gasteiger partial charge in [0.2, 0.25) is 0 Å². The first-order valence-corrected chi connectivity index (χ1v) is 4.75. The molecule has 15 heavy (non-hydrogen) atoms. The number of aryl methyl sites for hydroxylation is 1. The van der Waals surface area contributed by atoms with Crippen molar-refractivity contribution in [1.82, 2.24) is 0 Å². The highest BCUT2D eigenvalue weighted by molar-refractivity contribution is 5.51. The lowest BCUT2D eigenvalue weighted by Crippen LogP contribution is -2.05. The Balaban J connectivity index is 2.08. The van der Waals surface area contributed by atoms with E-state index in [1.54, 1.807) is 12.1 Å². The fourth-order valence-corrected chi connectivity index (χ4v) is 1.23. The van der Waals surface area contributed by atoms with Gasteiger partial charge >= 0.3 is 0 Å². The van der Waals surface area contributed by atoms with E-state index in [1.807, 2.05) is 13.0 Å². The van der Waals surface area contributed by atoms with E-state index in [9.17, 15) is 4.79 Å². The summed E-state index contributed by atoms with van der Waals surface area (Å²) in [4.78, 5) is 10.3. The Morgan fingerprint density at radius 3 is 3.00 bits per heavy atom. The summed E-state index contributed by atoms with van der Waals surface area (Å²) in [6.45, 7) is 3.56. The molecule has 0 saturated carbocycles. The van der Waals surface area contributed by atoms with E-state index in [4.69, 9.17) is 14.2 Å². The Morgan fingerprint density at radius 2 is 2.33 bits per heavy atom. The summed E-state index contributed by atoms with van der Waals surface area (Å²) >= 11 is 0. The Morgan fingerprint density at radius 1 is 1.53 bits per heavy atom. The number of hydrogen-bond acceptors (Lipinski definition) is 4. The van der Waals surface area contributed by atoms with Gasteiger partial charge in [-0.2, -0.15) is 0 Å². The van der Waals surface area contributed by atoms with Gasteiger partial charge in [0.05, 0.1) is 6.61 Å². The molecule has 0 bridgehead atoms. The Bertz CT molecular complexity index is 358. The average molecular weight is 208 g/mol. The zero-order valence-corrected chi connectivity index (χ0v) is 8.43. The van der Waals surface area contributed by atoms with Crippen molar-refractivity contribution in [2.45, 2.75) is 13.0 Å². The molecule has 1 aliphatic rings. The van der Waals surface area contributed by atoms with Gasteiger partial charge in [-0.25, -0.2) is 0 Å². The number of carbonyl (C=O) groups is 1. The molecule has 4 heteroatoms. The van der Waals surface area contributed by atoms with Crippen LogP contribution in [0.2, 0.25) is 0 Å². The molecule has 1 aromatic carbocycles. The fraction of sp³-hybridized carbons (Fsp3) is 0.364. The second-order valence-corrected chi connectivity index (χ2v) is 3.43. The van der Waals surface area contributed by atoms with Gasteiger partial charge in [0, 0.05) is 0 Å². The molecule has 1 heterocycles. The second kappa shape index (κ2) is 4.31. The van der Waals surface area contributed by atoms with Crippen LogP contribution in [0.15, 0.2) is 18.2 Å². The standard InChI is InChI=1S/C11H12O4/c1-8-2-3-10(11(4-8)15-7-12)14-6-9-5-13-9/h2-4,7,9H,5-6H2,1H3. The van der Waals surface area contributed by atoms with Gasteiger partial charge in [-0.15, -0.1) is 0 Å². The summed E-state index contributed by atoms with van der Waals surface area (Å²) in [5.74, 6) is 1.02. The van der Waals surface area contributed by atoms with Gasteiger partial charge in [-0.1, -0.05) is 6.07 Å². The van der Waals surface area contributed by atoms with Crippen molar-refractivity contribution < 1.29 is 19.0 Å². The van der Waals surface area contributed by atoms with E-state index < -0.39 is 0 Å². The van der Waals surface area contributed by atoms with Crippen LogP contribution in [0, 0.1) is 6.92 Å². The normalized spacial score (nSPS) is 18.3. The van der Waals surface area contributed by atoms with Gasteiger partial charge in [-0.05, 0) is 24.6 Å². The van der Waals surface area contributed by atoms with Crippen molar-refractivity contribution in [1.29, 1.82) is 0 Å². The van der Waals surface area contributed by atoms with Crippen molar-refractivity contribution in [2.24, 2.45) is 0 Å². The van der Waals surface area contributed by atoms with Gasteiger partial charge in [0.15, 0.2) is 11.5 Å². The molecule has 2 rings (SSSR count). The first-order chi connectivity index (χ1) is 7.29. The molecule has 1 saturated heterocycles.